The molecular weight excluding hydrogens is 287 g/mol. The fourth-order valence-electron chi connectivity index (χ4n) is 2.45. The van der Waals surface area contributed by atoms with Crippen LogP contribution in [-0.2, 0) is 0 Å². The standard InChI is InChI=1S/C13H12F3N3O2/c14-13(15,16)10-2-1-5-18(8-10)11-3-4-12(19(20)21)9(6-11)7-17/h3-4,6,10H,1-2,5,8H2. The minimum absolute atomic E-state index is 0.0814. The van der Waals surface area contributed by atoms with Crippen LogP contribution in [0, 0.1) is 27.4 Å². The lowest BCUT2D eigenvalue weighted by atomic mass is 9.97. The summed E-state index contributed by atoms with van der Waals surface area (Å²) < 4.78 is 38.3. The van der Waals surface area contributed by atoms with E-state index in [0.29, 0.717) is 18.7 Å². The fraction of sp³-hybridized carbons (Fsp3) is 0.462. The summed E-state index contributed by atoms with van der Waals surface area (Å²) in [5.74, 6) is -1.41. The van der Waals surface area contributed by atoms with Gasteiger partial charge in [0.25, 0.3) is 5.69 Å². The summed E-state index contributed by atoms with van der Waals surface area (Å²) in [7, 11) is 0. The van der Waals surface area contributed by atoms with Crippen LogP contribution in [0.25, 0.3) is 0 Å². The number of nitro benzene ring substituents is 1. The first-order valence-corrected chi connectivity index (χ1v) is 6.33. The fourth-order valence-corrected chi connectivity index (χ4v) is 2.45. The number of hydrogen-bond acceptors (Lipinski definition) is 4. The van der Waals surface area contributed by atoms with E-state index in [2.05, 4.69) is 0 Å². The van der Waals surface area contributed by atoms with Crippen molar-refractivity contribution in [2.45, 2.75) is 19.0 Å². The number of anilines is 1. The molecule has 0 N–H and O–H groups in total. The quantitative estimate of drug-likeness (QED) is 0.621. The van der Waals surface area contributed by atoms with Gasteiger partial charge in [-0.3, -0.25) is 10.1 Å². The zero-order valence-electron chi connectivity index (χ0n) is 10.9. The highest BCUT2D eigenvalue weighted by molar-refractivity contribution is 5.60. The van der Waals surface area contributed by atoms with Crippen molar-refractivity contribution in [3.05, 3.63) is 33.9 Å². The van der Waals surface area contributed by atoms with E-state index >= 15 is 0 Å². The largest absolute Gasteiger partial charge is 0.393 e. The van der Waals surface area contributed by atoms with Crippen molar-refractivity contribution >= 4 is 11.4 Å². The lowest BCUT2D eigenvalue weighted by Gasteiger charge is -2.35. The molecule has 0 aromatic heterocycles. The Morgan fingerprint density at radius 3 is 2.71 bits per heavy atom. The molecule has 0 aliphatic carbocycles. The number of nitrogens with zero attached hydrogens (tertiary/aromatic N) is 3. The van der Waals surface area contributed by atoms with Crippen LogP contribution in [0.3, 0.4) is 0 Å². The zero-order chi connectivity index (χ0) is 15.6. The highest BCUT2D eigenvalue weighted by atomic mass is 19.4. The van der Waals surface area contributed by atoms with Crippen molar-refractivity contribution in [3.8, 4) is 6.07 Å². The summed E-state index contributed by atoms with van der Waals surface area (Å²) in [6.07, 6.45) is -3.78. The van der Waals surface area contributed by atoms with Gasteiger partial charge < -0.3 is 4.90 Å². The van der Waals surface area contributed by atoms with Crippen molar-refractivity contribution < 1.29 is 18.1 Å². The SMILES string of the molecule is N#Cc1cc(N2CCCC(C(F)(F)F)C2)ccc1[N+](=O)[O-]. The molecule has 112 valence electrons. The molecule has 1 aromatic carbocycles. The van der Waals surface area contributed by atoms with Crippen molar-refractivity contribution in [1.29, 1.82) is 5.26 Å². The number of rotatable bonds is 2. The lowest BCUT2D eigenvalue weighted by molar-refractivity contribution is -0.385. The maximum absolute atomic E-state index is 12.8. The van der Waals surface area contributed by atoms with Crippen LogP contribution in [0.1, 0.15) is 18.4 Å². The van der Waals surface area contributed by atoms with Crippen LogP contribution < -0.4 is 4.90 Å². The van der Waals surface area contributed by atoms with Gasteiger partial charge in [-0.1, -0.05) is 0 Å². The molecule has 21 heavy (non-hydrogen) atoms. The number of alkyl halides is 3. The maximum atomic E-state index is 12.8. The van der Waals surface area contributed by atoms with Crippen LogP contribution in [0.5, 0.6) is 0 Å². The molecular formula is C13H12F3N3O2. The van der Waals surface area contributed by atoms with Gasteiger partial charge in [-0.2, -0.15) is 18.4 Å². The van der Waals surface area contributed by atoms with E-state index in [9.17, 15) is 23.3 Å². The van der Waals surface area contributed by atoms with Crippen molar-refractivity contribution in [3.63, 3.8) is 0 Å². The second-order valence-corrected chi connectivity index (χ2v) is 4.90. The molecule has 8 heteroatoms. The average molecular weight is 299 g/mol. The topological polar surface area (TPSA) is 70.2 Å². The summed E-state index contributed by atoms with van der Waals surface area (Å²) in [4.78, 5) is 11.6. The number of piperidine rings is 1. The molecule has 1 aromatic rings. The Hall–Kier alpha value is -2.30. The zero-order valence-corrected chi connectivity index (χ0v) is 10.9. The minimum Gasteiger partial charge on any atom is -0.371 e. The minimum atomic E-state index is -4.25. The number of halogens is 3. The number of nitro groups is 1. The number of nitriles is 1. The second-order valence-electron chi connectivity index (χ2n) is 4.90. The summed E-state index contributed by atoms with van der Waals surface area (Å²) in [5.41, 5.74) is -0.0802. The van der Waals surface area contributed by atoms with Gasteiger partial charge in [-0.05, 0) is 25.0 Å². The summed E-state index contributed by atoms with van der Waals surface area (Å²) in [6.45, 7) is 0.251. The van der Waals surface area contributed by atoms with E-state index in [0.717, 1.165) is 6.07 Å². The Bertz CT molecular complexity index is 595. The third-order valence-corrected chi connectivity index (χ3v) is 3.55. The van der Waals surface area contributed by atoms with Crippen LogP contribution in [0.15, 0.2) is 18.2 Å². The van der Waals surface area contributed by atoms with Gasteiger partial charge in [0.1, 0.15) is 11.6 Å². The molecule has 0 bridgehead atoms. The van der Waals surface area contributed by atoms with E-state index in [-0.39, 0.29) is 24.2 Å². The number of hydrogen-bond donors (Lipinski definition) is 0. The highest BCUT2D eigenvalue weighted by Gasteiger charge is 2.41. The van der Waals surface area contributed by atoms with E-state index < -0.39 is 17.0 Å². The molecule has 1 unspecified atom stereocenters. The van der Waals surface area contributed by atoms with Crippen LogP contribution in [0.2, 0.25) is 0 Å². The van der Waals surface area contributed by atoms with Crippen molar-refractivity contribution in [2.75, 3.05) is 18.0 Å². The molecule has 1 fully saturated rings. The molecule has 0 amide bonds. The normalized spacial score (nSPS) is 19.1. The highest BCUT2D eigenvalue weighted by Crippen LogP contribution is 2.35. The molecule has 1 heterocycles. The van der Waals surface area contributed by atoms with Gasteiger partial charge in [0.15, 0.2) is 0 Å². The molecule has 0 spiro atoms. The third-order valence-electron chi connectivity index (χ3n) is 3.55. The van der Waals surface area contributed by atoms with Gasteiger partial charge >= 0.3 is 6.18 Å². The Balaban J connectivity index is 2.26. The van der Waals surface area contributed by atoms with E-state index in [4.69, 9.17) is 5.26 Å². The van der Waals surface area contributed by atoms with Gasteiger partial charge in [-0.25, -0.2) is 0 Å². The van der Waals surface area contributed by atoms with E-state index in [1.54, 1.807) is 6.07 Å². The molecule has 2 rings (SSSR count). The van der Waals surface area contributed by atoms with E-state index in [1.807, 2.05) is 0 Å². The van der Waals surface area contributed by atoms with Crippen LogP contribution in [-0.4, -0.2) is 24.2 Å². The first-order valence-electron chi connectivity index (χ1n) is 6.33. The second kappa shape index (κ2) is 5.60. The third kappa shape index (κ3) is 3.24. The summed E-state index contributed by atoms with van der Waals surface area (Å²) >= 11 is 0. The van der Waals surface area contributed by atoms with Gasteiger partial charge in [0, 0.05) is 24.8 Å². The smallest absolute Gasteiger partial charge is 0.371 e. The first kappa shape index (κ1) is 15.1. The predicted octanol–water partition coefficient (Wildman–Crippen LogP) is 3.25. The van der Waals surface area contributed by atoms with Crippen LogP contribution >= 0.6 is 0 Å². The average Bonchev–Trinajstić information content (AvgIpc) is 2.45. The van der Waals surface area contributed by atoms with Crippen LogP contribution in [0.4, 0.5) is 24.5 Å². The van der Waals surface area contributed by atoms with E-state index in [1.165, 1.54) is 17.0 Å². The van der Waals surface area contributed by atoms with Gasteiger partial charge in [0.05, 0.1) is 10.8 Å². The van der Waals surface area contributed by atoms with Gasteiger partial charge in [-0.15, -0.1) is 0 Å². The Labute approximate surface area is 118 Å². The molecule has 1 aliphatic rings. The van der Waals surface area contributed by atoms with Gasteiger partial charge in [0.2, 0.25) is 0 Å². The van der Waals surface area contributed by atoms with Crippen molar-refractivity contribution in [1.82, 2.24) is 0 Å². The first-order chi connectivity index (χ1) is 9.82. The molecule has 1 aliphatic heterocycles. The Kier molecular flexibility index (Phi) is 4.02. The Morgan fingerprint density at radius 1 is 1.43 bits per heavy atom. The predicted molar refractivity (Wildman–Crippen MR) is 68.8 cm³/mol. The molecule has 5 nitrogen and oxygen atoms in total. The lowest BCUT2D eigenvalue weighted by Crippen LogP contribution is -2.41. The molecule has 0 radical (unpaired) electrons. The Morgan fingerprint density at radius 2 is 2.14 bits per heavy atom. The maximum Gasteiger partial charge on any atom is 0.393 e. The monoisotopic (exact) mass is 299 g/mol. The summed E-state index contributed by atoms with van der Waals surface area (Å²) in [5, 5.41) is 19.7. The molecule has 1 saturated heterocycles. The molecule has 1 atom stereocenters. The molecule has 0 saturated carbocycles. The number of benzene rings is 1. The summed E-state index contributed by atoms with van der Waals surface area (Å²) in [6, 6.07) is 5.53. The van der Waals surface area contributed by atoms with Crippen molar-refractivity contribution in [2.24, 2.45) is 5.92 Å².